The van der Waals surface area contributed by atoms with Crippen molar-refractivity contribution in [1.29, 1.82) is 0 Å². The number of benzene rings is 3. The Bertz CT molecular complexity index is 3160. The molecule has 4 aliphatic rings. The molecule has 0 radical (unpaired) electrons. The Balaban J connectivity index is 0.000000413. The number of aryl methyl sites for hydroxylation is 2. The summed E-state index contributed by atoms with van der Waals surface area (Å²) in [7, 11) is -1.95. The molecule has 2 atom stereocenters. The molecule has 4 aromatic heterocycles. The number of hydrogen-bond acceptors (Lipinski definition) is 9. The summed E-state index contributed by atoms with van der Waals surface area (Å²) >= 11 is 0. The van der Waals surface area contributed by atoms with E-state index in [9.17, 15) is 27.2 Å². The van der Waals surface area contributed by atoms with E-state index in [4.69, 9.17) is 9.84 Å². The monoisotopic (exact) mass is 875 g/mol. The number of sulfonamides is 1. The first-order valence-electron chi connectivity index (χ1n) is 21.1. The number of fused-ring (bicyclic) bond motifs is 3. The van der Waals surface area contributed by atoms with E-state index in [0.29, 0.717) is 87.4 Å². The van der Waals surface area contributed by atoms with Gasteiger partial charge in [0.2, 0.25) is 10.0 Å². The summed E-state index contributed by atoms with van der Waals surface area (Å²) < 4.78 is 55.7. The van der Waals surface area contributed by atoms with Crippen molar-refractivity contribution < 1.29 is 26.9 Å². The van der Waals surface area contributed by atoms with Crippen LogP contribution in [0.3, 0.4) is 0 Å². The van der Waals surface area contributed by atoms with Crippen molar-refractivity contribution in [3.63, 3.8) is 0 Å². The highest BCUT2D eigenvalue weighted by Gasteiger charge is 2.37. The number of imidazole rings is 1. The maximum atomic E-state index is 14.8. The number of carbonyl (C=O) groups excluding carboxylic acids is 1. The number of hydrogen-bond donors (Lipinski definition) is 2. The van der Waals surface area contributed by atoms with E-state index in [-0.39, 0.29) is 24.0 Å². The second-order valence-electron chi connectivity index (χ2n) is 17.1. The van der Waals surface area contributed by atoms with Crippen LogP contribution in [0, 0.1) is 25.6 Å². The maximum absolute atomic E-state index is 14.8. The third-order valence-corrected chi connectivity index (χ3v) is 14.6. The zero-order chi connectivity index (χ0) is 43.9. The van der Waals surface area contributed by atoms with Crippen molar-refractivity contribution in [3.8, 4) is 17.2 Å². The highest BCUT2D eigenvalue weighted by Crippen LogP contribution is 2.45. The second kappa shape index (κ2) is 15.4. The van der Waals surface area contributed by atoms with Gasteiger partial charge in [-0.15, -0.1) is 0 Å². The van der Waals surface area contributed by atoms with E-state index < -0.39 is 21.5 Å². The van der Waals surface area contributed by atoms with Gasteiger partial charge >= 0.3 is 11.4 Å². The summed E-state index contributed by atoms with van der Waals surface area (Å²) in [4.78, 5) is 46.5. The van der Waals surface area contributed by atoms with Crippen molar-refractivity contribution in [3.05, 3.63) is 139 Å². The number of anilines is 1. The van der Waals surface area contributed by atoms with Crippen LogP contribution < -0.4 is 15.8 Å². The Morgan fingerprint density at radius 2 is 1.68 bits per heavy atom. The lowest BCUT2D eigenvalue weighted by Crippen LogP contribution is -2.36. The van der Waals surface area contributed by atoms with Gasteiger partial charge < -0.3 is 14.6 Å². The molecule has 2 N–H and O–H groups in total. The Morgan fingerprint density at radius 1 is 0.937 bits per heavy atom. The minimum atomic E-state index is -3.46. The molecule has 0 spiro atoms. The van der Waals surface area contributed by atoms with Gasteiger partial charge in [0.1, 0.15) is 17.3 Å². The molecule has 16 nitrogen and oxygen atoms in total. The number of aromatic amines is 2. The van der Waals surface area contributed by atoms with Crippen LogP contribution in [0.25, 0.3) is 28.1 Å². The Labute approximate surface area is 360 Å². The van der Waals surface area contributed by atoms with Crippen LogP contribution in [0.2, 0.25) is 0 Å². The number of ether oxygens (including phenoxy) is 1. The fourth-order valence-electron chi connectivity index (χ4n) is 9.15. The summed E-state index contributed by atoms with van der Waals surface area (Å²) in [6, 6.07) is 16.8. The summed E-state index contributed by atoms with van der Waals surface area (Å²) in [6.07, 6.45) is 6.80. The van der Waals surface area contributed by atoms with Crippen LogP contribution in [0.5, 0.6) is 0 Å². The van der Waals surface area contributed by atoms with Gasteiger partial charge in [-0.1, -0.05) is 18.1 Å². The van der Waals surface area contributed by atoms with Crippen molar-refractivity contribution in [1.82, 2.24) is 38.9 Å². The molecule has 0 bridgehead atoms. The van der Waals surface area contributed by atoms with Gasteiger partial charge in [-0.25, -0.2) is 27.1 Å². The number of aromatic nitrogens is 7. The smallest absolute Gasteiger partial charge is 0.381 e. The summed E-state index contributed by atoms with van der Waals surface area (Å²) in [5.41, 5.74) is 6.85. The van der Waals surface area contributed by atoms with Crippen molar-refractivity contribution in [2.45, 2.75) is 70.6 Å². The van der Waals surface area contributed by atoms with E-state index >= 15 is 0 Å². The highest BCUT2D eigenvalue weighted by atomic mass is 32.2. The summed E-state index contributed by atoms with van der Waals surface area (Å²) in [6.45, 7) is 7.64. The van der Waals surface area contributed by atoms with Crippen LogP contribution in [0.15, 0.2) is 81.1 Å². The molecule has 7 aromatic rings. The van der Waals surface area contributed by atoms with Crippen molar-refractivity contribution in [2.75, 3.05) is 31.1 Å². The third-order valence-electron chi connectivity index (χ3n) is 12.9. The number of carbonyl (C=O) groups is 1. The summed E-state index contributed by atoms with van der Waals surface area (Å²) in [5.74, 6) is 1.62. The minimum Gasteiger partial charge on any atom is -0.381 e. The number of amides is 1. The average Bonchev–Trinajstić information content (AvgIpc) is 3.78. The molecule has 3 aromatic carbocycles. The van der Waals surface area contributed by atoms with E-state index in [0.717, 1.165) is 49.1 Å². The molecule has 1 aliphatic carbocycles. The van der Waals surface area contributed by atoms with Gasteiger partial charge in [0, 0.05) is 68.0 Å². The molecule has 63 heavy (non-hydrogen) atoms. The van der Waals surface area contributed by atoms with E-state index in [1.165, 1.54) is 26.1 Å². The number of nitrogens with one attached hydrogen (secondary N) is 2. The highest BCUT2D eigenvalue weighted by molar-refractivity contribution is 7.92. The molecule has 2 fully saturated rings. The van der Waals surface area contributed by atoms with Gasteiger partial charge in [-0.2, -0.15) is 5.10 Å². The Kier molecular flexibility index (Phi) is 9.89. The lowest BCUT2D eigenvalue weighted by Gasteiger charge is -2.26. The fraction of sp³-hybridized carbons (Fsp3) is 0.356. The zero-order valence-electron chi connectivity index (χ0n) is 35.2. The van der Waals surface area contributed by atoms with E-state index in [1.807, 2.05) is 12.1 Å². The second-order valence-corrected chi connectivity index (χ2v) is 19.1. The molecule has 1 saturated heterocycles. The van der Waals surface area contributed by atoms with Gasteiger partial charge in [0.25, 0.3) is 5.91 Å². The van der Waals surface area contributed by atoms with Gasteiger partial charge in [0.15, 0.2) is 5.82 Å². The predicted octanol–water partition coefficient (Wildman–Crippen LogP) is 5.91. The van der Waals surface area contributed by atoms with Crippen molar-refractivity contribution >= 4 is 32.5 Å². The Morgan fingerprint density at radius 3 is 2.40 bits per heavy atom. The first-order chi connectivity index (χ1) is 30.2. The lowest BCUT2D eigenvalue weighted by atomic mass is 9.91. The normalized spacial score (nSPS) is 19.2. The Hall–Kier alpha value is -6.53. The van der Waals surface area contributed by atoms with Crippen LogP contribution in [-0.2, 0) is 33.5 Å². The first-order valence-corrected chi connectivity index (χ1v) is 22.7. The molecule has 11 rings (SSSR count). The van der Waals surface area contributed by atoms with Crippen LogP contribution >= 0.6 is 0 Å². The van der Waals surface area contributed by atoms with Crippen LogP contribution in [0.1, 0.15) is 87.8 Å². The summed E-state index contributed by atoms with van der Waals surface area (Å²) in [5, 5.41) is 9.52. The number of nitrogens with zero attached hydrogens (tertiary/aromatic N) is 7. The third kappa shape index (κ3) is 7.29. The van der Waals surface area contributed by atoms with Gasteiger partial charge in [-0.3, -0.25) is 27.7 Å². The molecule has 7 heterocycles. The van der Waals surface area contributed by atoms with Gasteiger partial charge in [0.05, 0.1) is 35.1 Å². The number of H-pyrrole nitrogens is 2. The van der Waals surface area contributed by atoms with Gasteiger partial charge in [-0.05, 0) is 116 Å². The minimum absolute atomic E-state index is 0.150. The molecule has 1 amide bonds. The largest absolute Gasteiger partial charge is 0.438 e. The maximum Gasteiger partial charge on any atom is 0.438 e. The zero-order valence-corrected chi connectivity index (χ0v) is 36.0. The van der Waals surface area contributed by atoms with Crippen molar-refractivity contribution in [2.24, 2.45) is 5.92 Å². The van der Waals surface area contributed by atoms with Crippen LogP contribution in [-0.4, -0.2) is 80.1 Å². The molecular formula is C45H46FN9O7S. The molecule has 3 aliphatic heterocycles. The molecule has 1 saturated carbocycles. The lowest BCUT2D eigenvalue weighted by molar-refractivity contribution is 0.0729. The van der Waals surface area contributed by atoms with E-state index in [1.54, 1.807) is 66.2 Å². The van der Waals surface area contributed by atoms with E-state index in [2.05, 4.69) is 38.7 Å². The fourth-order valence-corrected chi connectivity index (χ4v) is 10.4. The number of rotatable bonds is 6. The predicted molar refractivity (Wildman–Crippen MR) is 232 cm³/mol. The average molecular weight is 876 g/mol. The molecule has 2 unspecified atom stereocenters. The molecule has 326 valence electrons. The quantitative estimate of drug-likeness (QED) is 0.205. The molecular weight excluding hydrogens is 830 g/mol. The van der Waals surface area contributed by atoms with Crippen LogP contribution in [0.4, 0.5) is 10.1 Å². The molecule has 18 heteroatoms. The number of halogens is 1. The SMILES string of the molecule is CC1CC1c1noc(=O)[nH]1.Cc1cc(-n2nc3c(c2-n2ccn(-c4ccc5c(c4)CS(=O)(=O)N5C)c2=O)CN(C(=O)c2cc4cc(C5CCOCC5)ccc4[nH]2)CC3)cc(C)c1F. The topological polar surface area (TPSA) is 186 Å². The standard InChI is InChI=1S/C39H38FN7O5S.C6H8N2O2/c1-23-16-30(17-24(2)36(23)40)47-37(46-13-12-45(39(46)49)29-5-7-35-28(19-29)22-53(50,51)43(35)3)31-21-44(11-8-33(31)42-47)38(48)34-20-27-18-26(4-6-32(27)41-34)25-9-14-52-15-10-25;1-3-2-4(3)5-7-6(9)10-8-5/h4-7,12-13,16-20,25,41H,8-11,14-15,21-22H2,1-3H3;3-4H,2H2,1H3,(H,7,8,9). The first kappa shape index (κ1) is 40.5.